The molecule has 1 aromatic heterocycles. The van der Waals surface area contributed by atoms with Gasteiger partial charge in [-0.25, -0.2) is 4.79 Å². The van der Waals surface area contributed by atoms with Gasteiger partial charge in [-0.2, -0.15) is 4.80 Å². The summed E-state index contributed by atoms with van der Waals surface area (Å²) < 4.78 is 0. The molecule has 0 saturated heterocycles. The van der Waals surface area contributed by atoms with Gasteiger partial charge in [-0.15, -0.1) is 10.2 Å². The van der Waals surface area contributed by atoms with Crippen molar-refractivity contribution in [2.45, 2.75) is 25.3 Å². The Bertz CT molecular complexity index is 333. The van der Waals surface area contributed by atoms with Crippen molar-refractivity contribution in [2.75, 3.05) is 6.54 Å². The predicted molar refractivity (Wildman–Crippen MR) is 45.8 cm³/mol. The van der Waals surface area contributed by atoms with Gasteiger partial charge in [0, 0.05) is 12.5 Å². The fourth-order valence-corrected chi connectivity index (χ4v) is 1.12. The molecule has 0 unspecified atom stereocenters. The molecular formula is C7H11N5O2. The number of amides is 1. The number of hydrogen-bond acceptors (Lipinski definition) is 4. The zero-order chi connectivity index (χ0) is 9.97. The van der Waals surface area contributed by atoms with Crippen LogP contribution < -0.4 is 5.32 Å². The lowest BCUT2D eigenvalue weighted by Gasteiger charge is -1.97. The minimum atomic E-state index is -1.03. The van der Waals surface area contributed by atoms with Gasteiger partial charge in [0.1, 0.15) is 0 Å². The summed E-state index contributed by atoms with van der Waals surface area (Å²) in [5.41, 5.74) is 0. The molecule has 1 heterocycles. The highest BCUT2D eigenvalue weighted by molar-refractivity contribution is 5.64. The molecule has 0 aliphatic heterocycles. The van der Waals surface area contributed by atoms with E-state index < -0.39 is 6.09 Å². The first-order valence-electron chi connectivity index (χ1n) is 4.50. The lowest BCUT2D eigenvalue weighted by molar-refractivity contribution is 0.193. The Balaban J connectivity index is 1.80. The lowest BCUT2D eigenvalue weighted by atomic mass is 10.4. The van der Waals surface area contributed by atoms with Crippen molar-refractivity contribution in [1.82, 2.24) is 25.5 Å². The summed E-state index contributed by atoms with van der Waals surface area (Å²) in [4.78, 5) is 11.6. The van der Waals surface area contributed by atoms with Crippen LogP contribution in [0.5, 0.6) is 0 Å². The molecule has 7 heteroatoms. The third-order valence-corrected chi connectivity index (χ3v) is 2.00. The highest BCUT2D eigenvalue weighted by Gasteiger charge is 2.28. The van der Waals surface area contributed by atoms with Crippen LogP contribution in [-0.4, -0.2) is 38.0 Å². The first kappa shape index (κ1) is 8.92. The van der Waals surface area contributed by atoms with Crippen LogP contribution in [0, 0.1) is 0 Å². The molecule has 1 aliphatic rings. The van der Waals surface area contributed by atoms with Crippen molar-refractivity contribution >= 4 is 6.09 Å². The number of carbonyl (C=O) groups is 1. The second-order valence-electron chi connectivity index (χ2n) is 3.25. The van der Waals surface area contributed by atoms with Gasteiger partial charge in [0.25, 0.3) is 0 Å². The maximum atomic E-state index is 10.1. The van der Waals surface area contributed by atoms with Crippen molar-refractivity contribution in [3.8, 4) is 0 Å². The van der Waals surface area contributed by atoms with Crippen molar-refractivity contribution in [2.24, 2.45) is 0 Å². The molecule has 0 bridgehead atoms. The summed E-state index contributed by atoms with van der Waals surface area (Å²) in [6.07, 6.45) is 1.24. The summed E-state index contributed by atoms with van der Waals surface area (Å²) in [6, 6.07) is 0. The van der Waals surface area contributed by atoms with Gasteiger partial charge in [0.2, 0.25) is 0 Å². The monoisotopic (exact) mass is 197 g/mol. The minimum Gasteiger partial charge on any atom is -0.465 e. The van der Waals surface area contributed by atoms with Gasteiger partial charge in [-0.3, -0.25) is 0 Å². The molecule has 1 saturated carbocycles. The zero-order valence-electron chi connectivity index (χ0n) is 7.55. The molecular weight excluding hydrogens is 186 g/mol. The van der Waals surface area contributed by atoms with Crippen molar-refractivity contribution in [3.63, 3.8) is 0 Å². The smallest absolute Gasteiger partial charge is 0.404 e. The molecule has 2 N–H and O–H groups in total. The predicted octanol–water partition coefficient (Wildman–Crippen LogP) is -0.182. The topological polar surface area (TPSA) is 92.9 Å². The number of aromatic nitrogens is 4. The SMILES string of the molecule is O=C(O)NCCn1nnc(C2CC2)n1. The number of nitrogens with zero attached hydrogens (tertiary/aromatic N) is 4. The van der Waals surface area contributed by atoms with Crippen LogP contribution in [0.3, 0.4) is 0 Å². The van der Waals surface area contributed by atoms with E-state index in [1.165, 1.54) is 4.80 Å². The van der Waals surface area contributed by atoms with Gasteiger partial charge in [0.15, 0.2) is 5.82 Å². The Kier molecular flexibility index (Phi) is 2.30. The molecule has 14 heavy (non-hydrogen) atoms. The van der Waals surface area contributed by atoms with E-state index in [2.05, 4.69) is 20.7 Å². The number of tetrazole rings is 1. The number of carboxylic acid groups (broad SMARTS) is 1. The minimum absolute atomic E-state index is 0.301. The molecule has 0 radical (unpaired) electrons. The van der Waals surface area contributed by atoms with E-state index in [-0.39, 0.29) is 0 Å². The van der Waals surface area contributed by atoms with Crippen LogP contribution >= 0.6 is 0 Å². The number of rotatable bonds is 4. The third kappa shape index (κ3) is 2.18. The Labute approximate surface area is 80.1 Å². The molecule has 1 aromatic rings. The van der Waals surface area contributed by atoms with Crippen LogP contribution in [0.4, 0.5) is 4.79 Å². The maximum absolute atomic E-state index is 10.1. The van der Waals surface area contributed by atoms with Gasteiger partial charge in [-0.05, 0) is 18.1 Å². The van der Waals surface area contributed by atoms with E-state index >= 15 is 0 Å². The molecule has 0 atom stereocenters. The van der Waals surface area contributed by atoms with E-state index in [9.17, 15) is 4.79 Å². The summed E-state index contributed by atoms with van der Waals surface area (Å²) in [7, 11) is 0. The summed E-state index contributed by atoms with van der Waals surface area (Å²) in [5.74, 6) is 1.26. The summed E-state index contributed by atoms with van der Waals surface area (Å²) >= 11 is 0. The molecule has 1 fully saturated rings. The average Bonchev–Trinajstić information content (AvgIpc) is 2.87. The highest BCUT2D eigenvalue weighted by atomic mass is 16.4. The molecule has 2 rings (SSSR count). The zero-order valence-corrected chi connectivity index (χ0v) is 7.55. The van der Waals surface area contributed by atoms with Gasteiger partial charge in [-0.1, -0.05) is 0 Å². The van der Waals surface area contributed by atoms with E-state index in [0.717, 1.165) is 18.7 Å². The van der Waals surface area contributed by atoms with E-state index in [0.29, 0.717) is 19.0 Å². The first-order valence-corrected chi connectivity index (χ1v) is 4.50. The van der Waals surface area contributed by atoms with Crippen LogP contribution in [-0.2, 0) is 6.54 Å². The van der Waals surface area contributed by atoms with Crippen molar-refractivity contribution in [1.29, 1.82) is 0 Å². The Morgan fingerprint density at radius 1 is 1.64 bits per heavy atom. The fraction of sp³-hybridized carbons (Fsp3) is 0.714. The van der Waals surface area contributed by atoms with Crippen LogP contribution in [0.2, 0.25) is 0 Å². The van der Waals surface area contributed by atoms with E-state index in [4.69, 9.17) is 5.11 Å². The average molecular weight is 197 g/mol. The maximum Gasteiger partial charge on any atom is 0.404 e. The van der Waals surface area contributed by atoms with Crippen molar-refractivity contribution in [3.05, 3.63) is 5.82 Å². The highest BCUT2D eigenvalue weighted by Crippen LogP contribution is 2.37. The Morgan fingerprint density at radius 3 is 3.07 bits per heavy atom. The molecule has 7 nitrogen and oxygen atoms in total. The quantitative estimate of drug-likeness (QED) is 0.698. The molecule has 76 valence electrons. The van der Waals surface area contributed by atoms with Gasteiger partial charge < -0.3 is 10.4 Å². The second kappa shape index (κ2) is 3.60. The van der Waals surface area contributed by atoms with Crippen molar-refractivity contribution < 1.29 is 9.90 Å². The standard InChI is InChI=1S/C7H11N5O2/c13-7(14)8-3-4-12-10-6(9-11-12)5-1-2-5/h5,8H,1-4H2,(H,13,14). The largest absolute Gasteiger partial charge is 0.465 e. The van der Waals surface area contributed by atoms with Gasteiger partial charge in [0.05, 0.1) is 6.54 Å². The van der Waals surface area contributed by atoms with E-state index in [1.807, 2.05) is 0 Å². The normalized spacial score (nSPS) is 15.4. The van der Waals surface area contributed by atoms with Crippen LogP contribution in [0.25, 0.3) is 0 Å². The van der Waals surface area contributed by atoms with E-state index in [1.54, 1.807) is 0 Å². The summed E-state index contributed by atoms with van der Waals surface area (Å²) in [5, 5.41) is 22.4. The fourth-order valence-electron chi connectivity index (χ4n) is 1.12. The first-order chi connectivity index (χ1) is 6.75. The molecule has 0 spiro atoms. The molecule has 0 aromatic carbocycles. The third-order valence-electron chi connectivity index (χ3n) is 2.00. The number of nitrogens with one attached hydrogen (secondary N) is 1. The lowest BCUT2D eigenvalue weighted by Crippen LogP contribution is -2.26. The second-order valence-corrected chi connectivity index (χ2v) is 3.25. The Hall–Kier alpha value is -1.66. The van der Waals surface area contributed by atoms with Crippen LogP contribution in [0.1, 0.15) is 24.6 Å². The van der Waals surface area contributed by atoms with Crippen LogP contribution in [0.15, 0.2) is 0 Å². The molecule has 1 aliphatic carbocycles. The Morgan fingerprint density at radius 2 is 2.43 bits per heavy atom. The number of hydrogen-bond donors (Lipinski definition) is 2. The summed E-state index contributed by atoms with van der Waals surface area (Å²) in [6.45, 7) is 0.724. The molecule has 1 amide bonds. The van der Waals surface area contributed by atoms with Gasteiger partial charge >= 0.3 is 6.09 Å².